The first kappa shape index (κ1) is 13.3. The Balaban J connectivity index is 2.46. The summed E-state index contributed by atoms with van der Waals surface area (Å²) in [6.45, 7) is 4.86. The van der Waals surface area contributed by atoms with E-state index in [1.54, 1.807) is 0 Å². The van der Waals surface area contributed by atoms with Crippen LogP contribution in [0.5, 0.6) is 0 Å². The first-order chi connectivity index (χ1) is 9.10. The minimum Gasteiger partial charge on any atom is -0.354 e. The summed E-state index contributed by atoms with van der Waals surface area (Å²) in [5.41, 5.74) is 2.22. The Morgan fingerprint density at radius 2 is 1.74 bits per heavy atom. The van der Waals surface area contributed by atoms with Gasteiger partial charge in [-0.1, -0.05) is 29.8 Å². The molecule has 5 heteroatoms. The molecular weight excluding hydrogens is 238 g/mol. The van der Waals surface area contributed by atoms with Crippen molar-refractivity contribution in [1.82, 2.24) is 15.0 Å². The second-order valence-corrected chi connectivity index (χ2v) is 4.57. The van der Waals surface area contributed by atoms with Crippen LogP contribution in [-0.4, -0.2) is 35.6 Å². The number of rotatable bonds is 4. The summed E-state index contributed by atoms with van der Waals surface area (Å²) in [6.07, 6.45) is 0. The van der Waals surface area contributed by atoms with Gasteiger partial charge in [0.1, 0.15) is 0 Å². The Labute approximate surface area is 113 Å². The van der Waals surface area contributed by atoms with Gasteiger partial charge in [0.15, 0.2) is 5.82 Å². The molecule has 0 aliphatic rings. The molecule has 0 aliphatic carbocycles. The van der Waals surface area contributed by atoms with E-state index in [2.05, 4.69) is 39.3 Å². The number of hydrogen-bond acceptors (Lipinski definition) is 5. The molecule has 2 aromatic rings. The van der Waals surface area contributed by atoms with E-state index < -0.39 is 0 Å². The highest BCUT2D eigenvalue weighted by atomic mass is 15.3. The van der Waals surface area contributed by atoms with Crippen molar-refractivity contribution in [3.63, 3.8) is 0 Å². The number of aromatic nitrogens is 3. The number of benzene rings is 1. The van der Waals surface area contributed by atoms with E-state index in [1.165, 1.54) is 5.56 Å². The summed E-state index contributed by atoms with van der Waals surface area (Å²) in [7, 11) is 3.84. The van der Waals surface area contributed by atoms with Crippen molar-refractivity contribution in [2.75, 3.05) is 30.9 Å². The molecule has 0 aliphatic heterocycles. The highest BCUT2D eigenvalue weighted by molar-refractivity contribution is 5.58. The summed E-state index contributed by atoms with van der Waals surface area (Å²) in [6, 6.07) is 8.17. The lowest BCUT2D eigenvalue weighted by Crippen LogP contribution is -2.15. The minimum atomic E-state index is 0.608. The van der Waals surface area contributed by atoms with Crippen LogP contribution in [-0.2, 0) is 0 Å². The van der Waals surface area contributed by atoms with Gasteiger partial charge in [0, 0.05) is 26.2 Å². The van der Waals surface area contributed by atoms with Crippen molar-refractivity contribution < 1.29 is 0 Å². The molecule has 0 fully saturated rings. The Hall–Kier alpha value is -2.17. The molecule has 0 spiro atoms. The van der Waals surface area contributed by atoms with E-state index in [4.69, 9.17) is 0 Å². The van der Waals surface area contributed by atoms with Crippen LogP contribution >= 0.6 is 0 Å². The average Bonchev–Trinajstić information content (AvgIpc) is 2.39. The van der Waals surface area contributed by atoms with Crippen molar-refractivity contribution in [2.24, 2.45) is 0 Å². The van der Waals surface area contributed by atoms with Gasteiger partial charge in [0.05, 0.1) is 0 Å². The Kier molecular flexibility index (Phi) is 3.94. The third-order valence-corrected chi connectivity index (χ3v) is 2.67. The van der Waals surface area contributed by atoms with E-state index in [9.17, 15) is 0 Å². The molecule has 0 amide bonds. The zero-order valence-corrected chi connectivity index (χ0v) is 11.8. The molecule has 0 bridgehead atoms. The molecule has 0 radical (unpaired) electrons. The van der Waals surface area contributed by atoms with Crippen molar-refractivity contribution in [3.05, 3.63) is 29.8 Å². The largest absolute Gasteiger partial charge is 0.354 e. The number of nitrogens with zero attached hydrogens (tertiary/aromatic N) is 4. The molecule has 0 unspecified atom stereocenters. The Morgan fingerprint density at radius 1 is 1.05 bits per heavy atom. The summed E-state index contributed by atoms with van der Waals surface area (Å²) in [5, 5.41) is 3.14. The van der Waals surface area contributed by atoms with Crippen molar-refractivity contribution in [3.8, 4) is 11.4 Å². The zero-order valence-electron chi connectivity index (χ0n) is 11.8. The van der Waals surface area contributed by atoms with E-state index >= 15 is 0 Å². The Bertz CT molecular complexity index is 548. The topological polar surface area (TPSA) is 53.9 Å². The van der Waals surface area contributed by atoms with Crippen LogP contribution in [0.3, 0.4) is 0 Å². The smallest absolute Gasteiger partial charge is 0.230 e. The molecule has 1 aromatic carbocycles. The molecular formula is C14H19N5. The van der Waals surface area contributed by atoms with Gasteiger partial charge in [-0.25, -0.2) is 0 Å². The predicted octanol–water partition coefficient (Wildman–Crippen LogP) is 2.34. The summed E-state index contributed by atoms with van der Waals surface area (Å²) >= 11 is 0. The lowest BCUT2D eigenvalue weighted by atomic mass is 10.1. The molecule has 1 heterocycles. The fourth-order valence-corrected chi connectivity index (χ4v) is 1.63. The average molecular weight is 257 g/mol. The molecule has 100 valence electrons. The number of aryl methyl sites for hydroxylation is 1. The van der Waals surface area contributed by atoms with E-state index in [-0.39, 0.29) is 0 Å². The van der Waals surface area contributed by atoms with Gasteiger partial charge >= 0.3 is 0 Å². The third-order valence-electron chi connectivity index (χ3n) is 2.67. The molecule has 0 saturated carbocycles. The van der Waals surface area contributed by atoms with Crippen LogP contribution < -0.4 is 10.2 Å². The summed E-state index contributed by atoms with van der Waals surface area (Å²) in [4.78, 5) is 15.2. The van der Waals surface area contributed by atoms with Crippen LogP contribution in [0, 0.1) is 6.92 Å². The van der Waals surface area contributed by atoms with Crippen LogP contribution in [0.4, 0.5) is 11.9 Å². The number of nitrogens with one attached hydrogen (secondary N) is 1. The maximum absolute atomic E-state index is 4.48. The molecule has 1 aromatic heterocycles. The van der Waals surface area contributed by atoms with Crippen molar-refractivity contribution in [2.45, 2.75) is 13.8 Å². The monoisotopic (exact) mass is 257 g/mol. The zero-order chi connectivity index (χ0) is 13.8. The predicted molar refractivity (Wildman–Crippen MR) is 78.5 cm³/mol. The third kappa shape index (κ3) is 3.19. The lowest BCUT2D eigenvalue weighted by molar-refractivity contribution is 0.953. The van der Waals surface area contributed by atoms with Crippen molar-refractivity contribution >= 4 is 11.9 Å². The molecule has 5 nitrogen and oxygen atoms in total. The van der Waals surface area contributed by atoms with Crippen LogP contribution in [0.1, 0.15) is 12.5 Å². The second kappa shape index (κ2) is 5.65. The first-order valence-electron chi connectivity index (χ1n) is 6.34. The second-order valence-electron chi connectivity index (χ2n) is 4.57. The van der Waals surface area contributed by atoms with Gasteiger partial charge < -0.3 is 10.2 Å². The van der Waals surface area contributed by atoms with Crippen molar-refractivity contribution in [1.29, 1.82) is 0 Å². The molecule has 0 atom stereocenters. The quantitative estimate of drug-likeness (QED) is 0.911. The van der Waals surface area contributed by atoms with Gasteiger partial charge in [-0.15, -0.1) is 0 Å². The maximum atomic E-state index is 4.48. The van der Waals surface area contributed by atoms with Gasteiger partial charge in [-0.05, 0) is 13.8 Å². The molecule has 2 rings (SSSR count). The van der Waals surface area contributed by atoms with E-state index in [0.29, 0.717) is 17.7 Å². The number of anilines is 2. The standard InChI is InChI=1S/C14H19N5/c1-5-15-13-16-12(17-14(18-13)19(3)4)11-8-6-10(2)7-9-11/h6-9H,5H2,1-4H3,(H,15,16,17,18). The van der Waals surface area contributed by atoms with Crippen LogP contribution in [0.25, 0.3) is 11.4 Å². The fourth-order valence-electron chi connectivity index (χ4n) is 1.63. The van der Waals surface area contributed by atoms with Gasteiger partial charge in [-0.3, -0.25) is 0 Å². The summed E-state index contributed by atoms with van der Waals surface area (Å²) < 4.78 is 0. The molecule has 0 saturated heterocycles. The normalized spacial score (nSPS) is 10.3. The minimum absolute atomic E-state index is 0.608. The fraction of sp³-hybridized carbons (Fsp3) is 0.357. The molecule has 1 N–H and O–H groups in total. The van der Waals surface area contributed by atoms with Gasteiger partial charge in [0.25, 0.3) is 0 Å². The molecule has 19 heavy (non-hydrogen) atoms. The van der Waals surface area contributed by atoms with Crippen LogP contribution in [0.15, 0.2) is 24.3 Å². The number of hydrogen-bond donors (Lipinski definition) is 1. The lowest BCUT2D eigenvalue weighted by Gasteiger charge is -2.13. The maximum Gasteiger partial charge on any atom is 0.230 e. The van der Waals surface area contributed by atoms with Gasteiger partial charge in [-0.2, -0.15) is 15.0 Å². The first-order valence-corrected chi connectivity index (χ1v) is 6.34. The SMILES string of the molecule is CCNc1nc(-c2ccc(C)cc2)nc(N(C)C)n1. The van der Waals surface area contributed by atoms with E-state index in [1.807, 2.05) is 38.1 Å². The van der Waals surface area contributed by atoms with Crippen LogP contribution in [0.2, 0.25) is 0 Å². The van der Waals surface area contributed by atoms with E-state index in [0.717, 1.165) is 12.1 Å². The Morgan fingerprint density at radius 3 is 2.32 bits per heavy atom. The highest BCUT2D eigenvalue weighted by Crippen LogP contribution is 2.19. The summed E-state index contributed by atoms with van der Waals surface area (Å²) in [5.74, 6) is 1.95. The highest BCUT2D eigenvalue weighted by Gasteiger charge is 2.09. The van der Waals surface area contributed by atoms with Gasteiger partial charge in [0.2, 0.25) is 11.9 Å².